The van der Waals surface area contributed by atoms with E-state index < -0.39 is 6.03 Å². The Hall–Kier alpha value is -0.110. The van der Waals surface area contributed by atoms with Crippen LogP contribution in [0.25, 0.3) is 0 Å². The number of amides is 2. The van der Waals surface area contributed by atoms with E-state index in [1.54, 1.807) is 0 Å². The smallest absolute Gasteiger partial charge is 0.284 e. The standard InChI is InChI=1S/CH4N2OS2.H4N2/c4-1(2-5)3-6;1-2/h5-6H,(H2,2,3,4);1-2H2. The Morgan fingerprint density at radius 3 is 1.50 bits per heavy atom. The van der Waals surface area contributed by atoms with Gasteiger partial charge >= 0.3 is 6.03 Å². The molecule has 0 saturated heterocycles. The second-order valence-corrected chi connectivity index (χ2v) is 1.000. The first-order chi connectivity index (χ1) is 3.81. The number of thiol groups is 2. The number of carbonyl (C=O) groups is 1. The van der Waals surface area contributed by atoms with Crippen LogP contribution in [0.3, 0.4) is 0 Å². The highest BCUT2D eigenvalue weighted by atomic mass is 32.1. The molecule has 0 heterocycles. The van der Waals surface area contributed by atoms with Crippen LogP contribution in [0.15, 0.2) is 0 Å². The third-order valence-electron chi connectivity index (χ3n) is 0.203. The molecule has 0 aliphatic carbocycles. The van der Waals surface area contributed by atoms with E-state index >= 15 is 0 Å². The molecular weight excluding hydrogens is 148 g/mol. The predicted molar refractivity (Wildman–Crippen MR) is 38.0 cm³/mol. The minimum atomic E-state index is -0.429. The van der Waals surface area contributed by atoms with E-state index in [0.717, 1.165) is 0 Å². The summed E-state index contributed by atoms with van der Waals surface area (Å²) in [6.07, 6.45) is 0. The molecule has 6 N–H and O–H groups in total. The van der Waals surface area contributed by atoms with Crippen LogP contribution in [0.5, 0.6) is 0 Å². The molecule has 0 aromatic heterocycles. The van der Waals surface area contributed by atoms with Crippen LogP contribution in [0.2, 0.25) is 0 Å². The summed E-state index contributed by atoms with van der Waals surface area (Å²) in [6, 6.07) is -0.429. The zero-order chi connectivity index (χ0) is 6.99. The lowest BCUT2D eigenvalue weighted by molar-refractivity contribution is 0.252. The number of urea groups is 1. The topological polar surface area (TPSA) is 93.2 Å². The third kappa shape index (κ3) is 9.31. The largest absolute Gasteiger partial charge is 0.334 e. The SMILES string of the molecule is NN.O=C(NS)NS. The summed E-state index contributed by atoms with van der Waals surface area (Å²) in [4.78, 5) is 9.81. The number of hydrogen-bond donors (Lipinski definition) is 6. The molecule has 0 saturated carbocycles. The van der Waals surface area contributed by atoms with E-state index in [-0.39, 0.29) is 0 Å². The van der Waals surface area contributed by atoms with Crippen molar-refractivity contribution >= 4 is 31.7 Å². The van der Waals surface area contributed by atoms with Gasteiger partial charge in [-0.25, -0.2) is 4.79 Å². The summed E-state index contributed by atoms with van der Waals surface area (Å²) in [5.74, 6) is 8.00. The zero-order valence-electron chi connectivity index (χ0n) is 3.96. The van der Waals surface area contributed by atoms with Crippen molar-refractivity contribution in [1.82, 2.24) is 9.44 Å². The summed E-state index contributed by atoms with van der Waals surface area (Å²) in [5.41, 5.74) is 0. The fraction of sp³-hybridized carbons (Fsp3) is 0. The molecule has 0 aromatic carbocycles. The molecule has 0 unspecified atom stereocenters. The molecule has 7 heteroatoms. The summed E-state index contributed by atoms with van der Waals surface area (Å²) in [5, 5.41) is 0. The summed E-state index contributed by atoms with van der Waals surface area (Å²) in [7, 11) is 0. The average molecular weight is 156 g/mol. The van der Waals surface area contributed by atoms with Gasteiger partial charge in [-0.1, -0.05) is 25.6 Å². The van der Waals surface area contributed by atoms with Crippen molar-refractivity contribution in [3.05, 3.63) is 0 Å². The molecule has 0 aliphatic heterocycles. The molecule has 0 bridgehead atoms. The van der Waals surface area contributed by atoms with Crippen molar-refractivity contribution in [2.24, 2.45) is 11.7 Å². The molecule has 0 fully saturated rings. The minimum Gasteiger partial charge on any atom is -0.284 e. The van der Waals surface area contributed by atoms with Gasteiger partial charge in [0.25, 0.3) is 0 Å². The fourth-order valence-corrected chi connectivity index (χ4v) is 0.225. The van der Waals surface area contributed by atoms with E-state index in [1.165, 1.54) is 0 Å². The second kappa shape index (κ2) is 10.00. The number of carbonyl (C=O) groups excluding carboxylic acids is 1. The van der Waals surface area contributed by atoms with Crippen LogP contribution in [0, 0.1) is 0 Å². The van der Waals surface area contributed by atoms with Gasteiger partial charge in [0.2, 0.25) is 0 Å². The van der Waals surface area contributed by atoms with Crippen molar-refractivity contribution in [2.75, 3.05) is 0 Å². The molecule has 0 atom stereocenters. The quantitative estimate of drug-likeness (QED) is 0.151. The monoisotopic (exact) mass is 156 g/mol. The molecule has 0 spiro atoms. The van der Waals surface area contributed by atoms with Crippen LogP contribution in [0.4, 0.5) is 4.79 Å². The Balaban J connectivity index is 0. The highest BCUT2D eigenvalue weighted by Crippen LogP contribution is 1.64. The number of nitrogens with two attached hydrogens (primary N) is 2. The van der Waals surface area contributed by atoms with Gasteiger partial charge in [-0.3, -0.25) is 21.1 Å². The Morgan fingerprint density at radius 1 is 1.25 bits per heavy atom. The van der Waals surface area contributed by atoms with E-state index in [4.69, 9.17) is 0 Å². The number of nitrogens with one attached hydrogen (secondary N) is 2. The number of hydrazine groups is 1. The maximum Gasteiger partial charge on any atom is 0.334 e. The molecule has 0 aliphatic rings. The molecule has 0 radical (unpaired) electrons. The van der Waals surface area contributed by atoms with E-state index in [0.29, 0.717) is 0 Å². The molecule has 0 aromatic rings. The van der Waals surface area contributed by atoms with Gasteiger partial charge in [0, 0.05) is 0 Å². The van der Waals surface area contributed by atoms with Gasteiger partial charge in [0.1, 0.15) is 0 Å². The van der Waals surface area contributed by atoms with Crippen LogP contribution in [-0.2, 0) is 0 Å². The Labute approximate surface area is 58.2 Å². The molecule has 5 nitrogen and oxygen atoms in total. The van der Waals surface area contributed by atoms with Gasteiger partial charge < -0.3 is 0 Å². The summed E-state index contributed by atoms with van der Waals surface area (Å²) >= 11 is 6.77. The highest BCUT2D eigenvalue weighted by molar-refractivity contribution is 7.80. The van der Waals surface area contributed by atoms with E-state index in [1.807, 2.05) is 9.44 Å². The summed E-state index contributed by atoms with van der Waals surface area (Å²) in [6.45, 7) is 0. The van der Waals surface area contributed by atoms with Crippen molar-refractivity contribution in [3.63, 3.8) is 0 Å². The first-order valence-electron chi connectivity index (χ1n) is 1.48. The molecule has 50 valence electrons. The highest BCUT2D eigenvalue weighted by Gasteiger charge is 1.83. The number of hydrogen-bond acceptors (Lipinski definition) is 5. The first kappa shape index (κ1) is 10.8. The first-order valence-corrected chi connectivity index (χ1v) is 2.38. The van der Waals surface area contributed by atoms with E-state index in [9.17, 15) is 4.79 Å². The molecule has 2 amide bonds. The Bertz CT molecular complexity index is 52.0. The second-order valence-electron chi connectivity index (χ2n) is 0.553. The van der Waals surface area contributed by atoms with E-state index in [2.05, 4.69) is 37.3 Å². The van der Waals surface area contributed by atoms with Gasteiger partial charge in [0.15, 0.2) is 0 Å². The zero-order valence-corrected chi connectivity index (χ0v) is 5.75. The molecular formula is CH8N4OS2. The minimum absolute atomic E-state index is 0.429. The fourth-order valence-electron chi connectivity index (χ4n) is 0.0250. The van der Waals surface area contributed by atoms with Gasteiger partial charge in [-0.05, 0) is 0 Å². The average Bonchev–Trinajstić information content (AvgIpc) is 1.91. The normalized spacial score (nSPS) is 6.00. The number of rotatable bonds is 0. The Kier molecular flexibility index (Phi) is 13.5. The lowest BCUT2D eigenvalue weighted by atomic mass is 11.2. The molecule has 0 rings (SSSR count). The van der Waals surface area contributed by atoms with Gasteiger partial charge in [-0.2, -0.15) is 0 Å². The van der Waals surface area contributed by atoms with Crippen molar-refractivity contribution in [1.29, 1.82) is 0 Å². The maximum atomic E-state index is 9.81. The molecule has 8 heavy (non-hydrogen) atoms. The van der Waals surface area contributed by atoms with Gasteiger partial charge in [-0.15, -0.1) is 0 Å². The Morgan fingerprint density at radius 2 is 1.50 bits per heavy atom. The summed E-state index contributed by atoms with van der Waals surface area (Å²) < 4.78 is 3.97. The maximum absolute atomic E-state index is 9.81. The van der Waals surface area contributed by atoms with Gasteiger partial charge in [0.05, 0.1) is 0 Å². The lowest BCUT2D eigenvalue weighted by Crippen LogP contribution is -2.21. The van der Waals surface area contributed by atoms with Crippen LogP contribution in [-0.4, -0.2) is 6.03 Å². The lowest BCUT2D eigenvalue weighted by Gasteiger charge is -1.88. The third-order valence-corrected chi connectivity index (χ3v) is 0.609. The van der Waals surface area contributed by atoms with Crippen LogP contribution < -0.4 is 21.1 Å². The van der Waals surface area contributed by atoms with Crippen LogP contribution >= 0.6 is 25.6 Å². The van der Waals surface area contributed by atoms with Crippen molar-refractivity contribution < 1.29 is 4.79 Å². The van der Waals surface area contributed by atoms with Crippen molar-refractivity contribution in [3.8, 4) is 0 Å². The van der Waals surface area contributed by atoms with Crippen LogP contribution in [0.1, 0.15) is 0 Å². The van der Waals surface area contributed by atoms with Crippen molar-refractivity contribution in [2.45, 2.75) is 0 Å². The predicted octanol–water partition coefficient (Wildman–Crippen LogP) is -1.21.